The van der Waals surface area contributed by atoms with E-state index >= 15 is 0 Å². The van der Waals surface area contributed by atoms with Crippen molar-refractivity contribution in [1.82, 2.24) is 4.90 Å². The molecule has 2 saturated heterocycles. The normalized spacial score (nSPS) is 25.7. The summed E-state index contributed by atoms with van der Waals surface area (Å²) in [6, 6.07) is 13.9. The van der Waals surface area contributed by atoms with E-state index in [0.717, 1.165) is 30.6 Å². The molecule has 4 heteroatoms. The molecular weight excluding hydrogens is 290 g/mol. The third kappa shape index (κ3) is 3.04. The molecule has 23 heavy (non-hydrogen) atoms. The lowest BCUT2D eigenvalue weighted by molar-refractivity contribution is -0.138. The molecule has 2 bridgehead atoms. The van der Waals surface area contributed by atoms with Crippen LogP contribution < -0.4 is 0 Å². The van der Waals surface area contributed by atoms with Gasteiger partial charge in [0.25, 0.3) is 0 Å². The molecule has 2 aliphatic heterocycles. The van der Waals surface area contributed by atoms with E-state index in [0.29, 0.717) is 13.1 Å². The summed E-state index contributed by atoms with van der Waals surface area (Å²) in [5.74, 6) is 1.02. The summed E-state index contributed by atoms with van der Waals surface area (Å²) in [6.07, 6.45) is 5.04. The van der Waals surface area contributed by atoms with Crippen LogP contribution in [0.5, 0.6) is 0 Å². The number of hydrogen-bond donors (Lipinski definition) is 0. The number of fused-ring (bicyclic) bond motifs is 2. The van der Waals surface area contributed by atoms with Crippen LogP contribution in [0.25, 0.3) is 0 Å². The van der Waals surface area contributed by atoms with E-state index in [1.54, 1.807) is 6.26 Å². The Bertz CT molecular complexity index is 653. The predicted octanol–water partition coefficient (Wildman–Crippen LogP) is 3.38. The predicted molar refractivity (Wildman–Crippen MR) is 85.4 cm³/mol. The highest BCUT2D eigenvalue weighted by atomic mass is 16.5. The van der Waals surface area contributed by atoms with E-state index < -0.39 is 0 Å². The van der Waals surface area contributed by atoms with Crippen LogP contribution >= 0.6 is 0 Å². The maximum Gasteiger partial charge on any atom is 0.229 e. The summed E-state index contributed by atoms with van der Waals surface area (Å²) in [5.41, 5.74) is 1.14. The molecule has 0 saturated carbocycles. The largest absolute Gasteiger partial charge is 0.467 e. The Hall–Kier alpha value is -2.07. The lowest BCUT2D eigenvalue weighted by Crippen LogP contribution is -2.39. The van der Waals surface area contributed by atoms with Crippen LogP contribution in [0.1, 0.15) is 30.6 Å². The molecule has 3 heterocycles. The highest BCUT2D eigenvalue weighted by molar-refractivity contribution is 5.80. The van der Waals surface area contributed by atoms with E-state index in [1.807, 2.05) is 35.2 Å². The highest BCUT2D eigenvalue weighted by Gasteiger charge is 2.45. The zero-order valence-electron chi connectivity index (χ0n) is 13.1. The first-order valence-corrected chi connectivity index (χ1v) is 8.30. The van der Waals surface area contributed by atoms with E-state index in [-0.39, 0.29) is 24.0 Å². The molecular formula is C19H21NO3. The summed E-state index contributed by atoms with van der Waals surface area (Å²) >= 11 is 0. The van der Waals surface area contributed by atoms with Crippen molar-refractivity contribution in [3.8, 4) is 0 Å². The summed E-state index contributed by atoms with van der Waals surface area (Å²) in [5, 5.41) is 0. The number of carbonyl (C=O) groups excluding carboxylic acids is 1. The Kier molecular flexibility index (Phi) is 3.92. The highest BCUT2D eigenvalue weighted by Crippen LogP contribution is 2.40. The number of hydrogen-bond acceptors (Lipinski definition) is 3. The maximum atomic E-state index is 13.1. The van der Waals surface area contributed by atoms with Gasteiger partial charge in [0.15, 0.2) is 0 Å². The molecule has 3 atom stereocenters. The van der Waals surface area contributed by atoms with Crippen LogP contribution in [-0.2, 0) is 22.6 Å². The van der Waals surface area contributed by atoms with Crippen LogP contribution in [-0.4, -0.2) is 23.0 Å². The fraction of sp³-hybridized carbons (Fsp3) is 0.421. The smallest absolute Gasteiger partial charge is 0.229 e. The molecule has 4 rings (SSSR count). The second-order valence-electron chi connectivity index (χ2n) is 6.48. The maximum absolute atomic E-state index is 13.1. The average molecular weight is 311 g/mol. The van der Waals surface area contributed by atoms with E-state index in [2.05, 4.69) is 12.1 Å². The van der Waals surface area contributed by atoms with E-state index in [1.165, 1.54) is 0 Å². The number of benzene rings is 1. The van der Waals surface area contributed by atoms with Crippen molar-refractivity contribution in [3.63, 3.8) is 0 Å². The molecule has 0 spiro atoms. The molecule has 2 aliphatic rings. The number of rotatable bonds is 5. The van der Waals surface area contributed by atoms with Crippen LogP contribution in [0, 0.1) is 5.92 Å². The number of carbonyl (C=O) groups is 1. The Labute approximate surface area is 136 Å². The average Bonchev–Trinajstić information content (AvgIpc) is 3.32. The first kappa shape index (κ1) is 14.5. The summed E-state index contributed by atoms with van der Waals surface area (Å²) in [6.45, 7) is 1.11. The van der Waals surface area contributed by atoms with Gasteiger partial charge in [-0.3, -0.25) is 4.79 Å². The zero-order chi connectivity index (χ0) is 15.6. The SMILES string of the molecule is O=C([C@@H]1C[C@H]2CC[C@H]1O2)N(Cc1ccccc1)Cc1ccco1. The molecule has 0 N–H and O–H groups in total. The summed E-state index contributed by atoms with van der Waals surface area (Å²) in [4.78, 5) is 15.0. The molecule has 2 aromatic rings. The van der Waals surface area contributed by atoms with Crippen molar-refractivity contribution >= 4 is 5.91 Å². The Morgan fingerprint density at radius 2 is 1.96 bits per heavy atom. The van der Waals surface area contributed by atoms with Crippen molar-refractivity contribution in [1.29, 1.82) is 0 Å². The van der Waals surface area contributed by atoms with E-state index in [4.69, 9.17) is 9.15 Å². The van der Waals surface area contributed by atoms with Gasteiger partial charge in [0.2, 0.25) is 5.91 Å². The van der Waals surface area contributed by atoms with Crippen molar-refractivity contribution in [2.24, 2.45) is 5.92 Å². The van der Waals surface area contributed by atoms with Crippen molar-refractivity contribution in [3.05, 3.63) is 60.1 Å². The molecule has 1 aromatic heterocycles. The minimum absolute atomic E-state index is 0.00687. The second kappa shape index (κ2) is 6.20. The van der Waals surface area contributed by atoms with Crippen molar-refractivity contribution < 1.29 is 13.9 Å². The number of nitrogens with zero attached hydrogens (tertiary/aromatic N) is 1. The minimum Gasteiger partial charge on any atom is -0.467 e. The minimum atomic E-state index is 0.00687. The first-order valence-electron chi connectivity index (χ1n) is 8.30. The van der Waals surface area contributed by atoms with Gasteiger partial charge >= 0.3 is 0 Å². The zero-order valence-corrected chi connectivity index (χ0v) is 13.1. The lowest BCUT2D eigenvalue weighted by Gasteiger charge is -2.27. The molecule has 1 aromatic carbocycles. The van der Waals surface area contributed by atoms with Gasteiger partial charge < -0.3 is 14.1 Å². The van der Waals surface area contributed by atoms with Gasteiger partial charge in [-0.1, -0.05) is 30.3 Å². The topological polar surface area (TPSA) is 42.7 Å². The molecule has 0 unspecified atom stereocenters. The van der Waals surface area contributed by atoms with Crippen LogP contribution in [0.4, 0.5) is 0 Å². The number of furan rings is 1. The van der Waals surface area contributed by atoms with Gasteiger partial charge in [0.1, 0.15) is 5.76 Å². The molecule has 0 aliphatic carbocycles. The quantitative estimate of drug-likeness (QED) is 0.850. The van der Waals surface area contributed by atoms with Gasteiger partial charge in [-0.15, -0.1) is 0 Å². The Morgan fingerprint density at radius 3 is 2.61 bits per heavy atom. The lowest BCUT2D eigenvalue weighted by atomic mass is 9.88. The van der Waals surface area contributed by atoms with Crippen molar-refractivity contribution in [2.45, 2.75) is 44.6 Å². The number of ether oxygens (including phenoxy) is 1. The molecule has 1 amide bonds. The van der Waals surface area contributed by atoms with Gasteiger partial charge in [-0.2, -0.15) is 0 Å². The fourth-order valence-corrected chi connectivity index (χ4v) is 3.74. The van der Waals surface area contributed by atoms with Crippen LogP contribution in [0.2, 0.25) is 0 Å². The van der Waals surface area contributed by atoms with Gasteiger partial charge in [-0.25, -0.2) is 0 Å². The van der Waals surface area contributed by atoms with Gasteiger partial charge in [0.05, 0.1) is 30.9 Å². The fourth-order valence-electron chi connectivity index (χ4n) is 3.74. The summed E-state index contributed by atoms with van der Waals surface area (Å²) < 4.78 is 11.3. The molecule has 120 valence electrons. The first-order chi connectivity index (χ1) is 11.3. The summed E-state index contributed by atoms with van der Waals surface area (Å²) in [7, 11) is 0. The van der Waals surface area contributed by atoms with Crippen LogP contribution in [0.15, 0.2) is 53.1 Å². The Balaban J connectivity index is 1.53. The molecule has 4 nitrogen and oxygen atoms in total. The third-order valence-corrected chi connectivity index (χ3v) is 4.88. The standard InChI is InChI=1S/C19H21NO3/c21-19(17-11-15-8-9-18(17)23-15)20(13-16-7-4-10-22-16)12-14-5-2-1-3-6-14/h1-7,10,15,17-18H,8-9,11-13H2/t15-,17-,18-/m1/s1. The third-order valence-electron chi connectivity index (χ3n) is 4.88. The van der Waals surface area contributed by atoms with Crippen molar-refractivity contribution in [2.75, 3.05) is 0 Å². The number of amides is 1. The second-order valence-corrected chi connectivity index (χ2v) is 6.48. The van der Waals surface area contributed by atoms with Crippen LogP contribution in [0.3, 0.4) is 0 Å². The monoisotopic (exact) mass is 311 g/mol. The molecule has 0 radical (unpaired) electrons. The van der Waals surface area contributed by atoms with Gasteiger partial charge in [0, 0.05) is 6.54 Å². The van der Waals surface area contributed by atoms with Gasteiger partial charge in [-0.05, 0) is 37.0 Å². The molecule has 2 fully saturated rings. The Morgan fingerprint density at radius 1 is 1.09 bits per heavy atom. The van der Waals surface area contributed by atoms with E-state index in [9.17, 15) is 4.79 Å².